The van der Waals surface area contributed by atoms with E-state index in [0.717, 1.165) is 29.8 Å². The van der Waals surface area contributed by atoms with Crippen molar-refractivity contribution in [1.29, 1.82) is 0 Å². The van der Waals surface area contributed by atoms with Crippen LogP contribution in [0.4, 0.5) is 30.2 Å². The van der Waals surface area contributed by atoms with E-state index < -0.39 is 29.2 Å². The van der Waals surface area contributed by atoms with Crippen molar-refractivity contribution in [3.63, 3.8) is 0 Å². The van der Waals surface area contributed by atoms with Crippen LogP contribution in [-0.2, 0) is 12.7 Å². The van der Waals surface area contributed by atoms with Gasteiger partial charge in [0.25, 0.3) is 5.91 Å². The second-order valence-electron chi connectivity index (χ2n) is 7.23. The smallest absolute Gasteiger partial charge is 0.416 e. The molecule has 38 heavy (non-hydrogen) atoms. The Morgan fingerprint density at radius 3 is 1.92 bits per heavy atom. The number of nitrogens with zero attached hydrogens (tertiary/aromatic N) is 1. The molecule has 0 spiro atoms. The molecule has 3 rings (SSSR count). The lowest BCUT2D eigenvalue weighted by Gasteiger charge is -2.24. The maximum Gasteiger partial charge on any atom is 0.416 e. The van der Waals surface area contributed by atoms with Gasteiger partial charge in [-0.05, 0) is 48.0 Å². The van der Waals surface area contributed by atoms with Gasteiger partial charge in [-0.1, -0.05) is 63.0 Å². The largest absolute Gasteiger partial charge is 0.478 e. The Labute approximate surface area is 230 Å². The second kappa shape index (κ2) is 14.6. The van der Waals surface area contributed by atoms with E-state index in [-0.39, 0.29) is 27.0 Å². The molecule has 6 nitrogen and oxygen atoms in total. The molecular weight excluding hydrogens is 542 g/mol. The number of halogens is 5. The highest BCUT2D eigenvalue weighted by atomic mass is 35.5. The lowest BCUT2D eigenvalue weighted by atomic mass is 10.1. The molecule has 0 unspecified atom stereocenters. The molecular formula is C27H30Cl2F3N3O3. The summed E-state index contributed by atoms with van der Waals surface area (Å²) in [5, 5.41) is 11.7. The van der Waals surface area contributed by atoms with Crippen molar-refractivity contribution in [3.8, 4) is 0 Å². The highest BCUT2D eigenvalue weighted by molar-refractivity contribution is 6.42. The van der Waals surface area contributed by atoms with E-state index in [1.807, 2.05) is 27.7 Å². The fraction of sp³-hybridized carbons (Fsp3) is 0.259. The summed E-state index contributed by atoms with van der Waals surface area (Å²) in [6.45, 7) is 8.32. The van der Waals surface area contributed by atoms with Gasteiger partial charge in [0.1, 0.15) is 0 Å². The van der Waals surface area contributed by atoms with Crippen LogP contribution in [0.3, 0.4) is 0 Å². The zero-order valence-electron chi connectivity index (χ0n) is 21.6. The van der Waals surface area contributed by atoms with E-state index in [1.54, 1.807) is 36.2 Å². The number of nitrogens with two attached hydrogens (primary N) is 1. The van der Waals surface area contributed by atoms with Crippen LogP contribution >= 0.6 is 23.2 Å². The van der Waals surface area contributed by atoms with Gasteiger partial charge in [0.2, 0.25) is 0 Å². The monoisotopic (exact) mass is 571 g/mol. The Morgan fingerprint density at radius 2 is 1.45 bits per heavy atom. The molecule has 0 radical (unpaired) electrons. The van der Waals surface area contributed by atoms with Crippen LogP contribution in [0.15, 0.2) is 54.6 Å². The van der Waals surface area contributed by atoms with Crippen molar-refractivity contribution in [2.75, 3.05) is 17.3 Å². The molecule has 0 aliphatic carbocycles. The number of carbonyl (C=O) groups is 2. The summed E-state index contributed by atoms with van der Waals surface area (Å²) in [6, 6.07) is 11.9. The number of aromatic carboxylic acids is 1. The molecule has 0 fully saturated rings. The molecule has 0 saturated carbocycles. The maximum atomic E-state index is 13.4. The molecule has 0 heterocycles. The Hall–Kier alpha value is -3.27. The van der Waals surface area contributed by atoms with E-state index in [9.17, 15) is 27.9 Å². The van der Waals surface area contributed by atoms with Crippen molar-refractivity contribution in [2.45, 2.75) is 40.4 Å². The number of rotatable bonds is 6. The number of amides is 1. The average Bonchev–Trinajstić information content (AvgIpc) is 2.91. The summed E-state index contributed by atoms with van der Waals surface area (Å²) in [6.07, 6.45) is -4.67. The molecule has 0 atom stereocenters. The quantitative estimate of drug-likeness (QED) is 0.277. The molecule has 1 amide bonds. The van der Waals surface area contributed by atoms with E-state index in [2.05, 4.69) is 5.32 Å². The number of carboxylic acids is 1. The first-order valence-corrected chi connectivity index (χ1v) is 12.5. The van der Waals surface area contributed by atoms with Gasteiger partial charge in [-0.2, -0.15) is 13.2 Å². The van der Waals surface area contributed by atoms with Gasteiger partial charge in [-0.3, -0.25) is 4.79 Å². The molecule has 4 N–H and O–H groups in total. The fourth-order valence-electron chi connectivity index (χ4n) is 3.20. The zero-order chi connectivity index (χ0) is 29.2. The van der Waals surface area contributed by atoms with Crippen LogP contribution in [0.25, 0.3) is 0 Å². The van der Waals surface area contributed by atoms with Crippen LogP contribution in [0.2, 0.25) is 10.0 Å². The first kappa shape index (κ1) is 32.8. The number of anilines is 3. The third-order valence-electron chi connectivity index (χ3n) is 5.03. The summed E-state index contributed by atoms with van der Waals surface area (Å²) in [4.78, 5) is 26.1. The van der Waals surface area contributed by atoms with Gasteiger partial charge in [0, 0.05) is 19.3 Å². The van der Waals surface area contributed by atoms with Crippen LogP contribution in [-0.4, -0.2) is 24.0 Å². The maximum absolute atomic E-state index is 13.4. The highest BCUT2D eigenvalue weighted by Crippen LogP contribution is 2.38. The van der Waals surface area contributed by atoms with E-state index >= 15 is 0 Å². The minimum atomic E-state index is -4.67. The van der Waals surface area contributed by atoms with Gasteiger partial charge >= 0.3 is 12.1 Å². The van der Waals surface area contributed by atoms with Gasteiger partial charge in [0.15, 0.2) is 0 Å². The molecule has 206 valence electrons. The summed E-state index contributed by atoms with van der Waals surface area (Å²) in [5.41, 5.74) is 5.32. The summed E-state index contributed by atoms with van der Waals surface area (Å²) in [5.74, 6) is -2.42. The number of carbonyl (C=O) groups excluding carboxylic acids is 1. The van der Waals surface area contributed by atoms with E-state index in [4.69, 9.17) is 28.9 Å². The van der Waals surface area contributed by atoms with Crippen LogP contribution in [0.5, 0.6) is 0 Å². The van der Waals surface area contributed by atoms with Gasteiger partial charge in [-0.15, -0.1) is 0 Å². The number of hydrogen-bond donors (Lipinski definition) is 3. The number of hydrogen-bond acceptors (Lipinski definition) is 4. The Morgan fingerprint density at radius 1 is 0.921 bits per heavy atom. The number of carboxylic acid groups (broad SMARTS) is 1. The topological polar surface area (TPSA) is 95.7 Å². The molecule has 0 bridgehead atoms. The first-order chi connectivity index (χ1) is 17.9. The third kappa shape index (κ3) is 8.11. The zero-order valence-corrected chi connectivity index (χ0v) is 23.1. The van der Waals surface area contributed by atoms with E-state index in [0.29, 0.717) is 12.2 Å². The Balaban J connectivity index is 0.00000172. The number of benzene rings is 3. The second-order valence-corrected chi connectivity index (χ2v) is 8.04. The molecule has 0 saturated heterocycles. The molecule has 11 heteroatoms. The number of alkyl halides is 3. The van der Waals surface area contributed by atoms with E-state index in [1.165, 1.54) is 6.07 Å². The van der Waals surface area contributed by atoms with Crippen LogP contribution in [0, 0.1) is 0 Å². The van der Waals surface area contributed by atoms with Crippen LogP contribution < -0.4 is 16.0 Å². The molecule has 0 aromatic heterocycles. The summed E-state index contributed by atoms with van der Waals surface area (Å²) < 4.78 is 40.2. The van der Waals surface area contributed by atoms with Gasteiger partial charge in [0.05, 0.1) is 38.1 Å². The molecule has 0 aliphatic heterocycles. The molecule has 3 aromatic carbocycles. The van der Waals surface area contributed by atoms with Crippen molar-refractivity contribution in [2.24, 2.45) is 5.73 Å². The van der Waals surface area contributed by atoms with Crippen molar-refractivity contribution in [1.82, 2.24) is 0 Å². The SMILES string of the molecule is CC.CC.CN(c1ccc(CN)cc1)c1ccc(C(F)(F)F)cc1NC(=O)c1cc(Cl)c(Cl)cc1C(=O)O. The predicted molar refractivity (Wildman–Crippen MR) is 148 cm³/mol. The summed E-state index contributed by atoms with van der Waals surface area (Å²) >= 11 is 11.8. The highest BCUT2D eigenvalue weighted by Gasteiger charge is 2.32. The summed E-state index contributed by atoms with van der Waals surface area (Å²) in [7, 11) is 1.61. The van der Waals surface area contributed by atoms with Gasteiger partial charge < -0.3 is 21.1 Å². The molecule has 3 aromatic rings. The lowest BCUT2D eigenvalue weighted by Crippen LogP contribution is -2.20. The minimum Gasteiger partial charge on any atom is -0.478 e. The normalized spacial score (nSPS) is 10.4. The Kier molecular flexibility index (Phi) is 12.6. The number of nitrogens with one attached hydrogen (secondary N) is 1. The van der Waals surface area contributed by atoms with Gasteiger partial charge in [-0.25, -0.2) is 4.79 Å². The van der Waals surface area contributed by atoms with Crippen molar-refractivity contribution < 1.29 is 27.9 Å². The third-order valence-corrected chi connectivity index (χ3v) is 5.75. The first-order valence-electron chi connectivity index (χ1n) is 11.7. The predicted octanol–water partition coefficient (Wildman–Crippen LogP) is 8.24. The fourth-order valence-corrected chi connectivity index (χ4v) is 3.53. The lowest BCUT2D eigenvalue weighted by molar-refractivity contribution is -0.137. The molecule has 0 aliphatic rings. The van der Waals surface area contributed by atoms with Crippen LogP contribution in [0.1, 0.15) is 59.5 Å². The van der Waals surface area contributed by atoms with Crippen molar-refractivity contribution in [3.05, 3.63) is 86.9 Å². The Bertz CT molecular complexity index is 1250. The standard InChI is InChI=1S/C23H18Cl2F3N3O3.2C2H6/c1-31(14-5-2-12(11-29)3-6-14)20-7-4-13(23(26,27)28)8-19(20)30-21(32)15-9-17(24)18(25)10-16(15)22(33)34;2*1-2/h2-10H,11,29H2,1H3,(H,30,32)(H,33,34);2*1-2H3. The van der Waals surface area contributed by atoms with Crippen molar-refractivity contribution >= 4 is 52.1 Å². The average molecular weight is 572 g/mol. The minimum absolute atomic E-state index is 0.0850.